The molecule has 0 saturated carbocycles. The van der Waals surface area contributed by atoms with Crippen molar-refractivity contribution in [2.45, 2.75) is 19.5 Å². The van der Waals surface area contributed by atoms with E-state index in [1.54, 1.807) is 0 Å². The van der Waals surface area contributed by atoms with Crippen LogP contribution in [-0.2, 0) is 6.54 Å². The number of nitrogens with zero attached hydrogens (tertiary/aromatic N) is 7. The van der Waals surface area contributed by atoms with Crippen LogP contribution in [0.25, 0.3) is 10.9 Å². The first-order chi connectivity index (χ1) is 23.0. The number of nitrogens with one attached hydrogen (secondary N) is 1. The van der Waals surface area contributed by atoms with E-state index in [0.717, 1.165) is 104 Å². The Labute approximate surface area is 287 Å². The zero-order valence-corrected chi connectivity index (χ0v) is 28.2. The minimum absolute atomic E-state index is 0.0700. The predicted octanol–water partition coefficient (Wildman–Crippen LogP) is 7.00. The topological polar surface area (TPSA) is 63.7 Å². The molecule has 2 saturated heterocycles. The molecule has 2 aliphatic heterocycles. The highest BCUT2D eigenvalue weighted by Gasteiger charge is 2.22. The Balaban J connectivity index is 1.01. The first-order valence-electron chi connectivity index (χ1n) is 16.4. The maximum atomic E-state index is 6.26. The van der Waals surface area contributed by atoms with E-state index in [1.807, 2.05) is 48.8 Å². The van der Waals surface area contributed by atoms with E-state index < -0.39 is 0 Å². The van der Waals surface area contributed by atoms with Crippen LogP contribution in [0.2, 0.25) is 10.0 Å². The highest BCUT2D eigenvalue weighted by molar-refractivity contribution is 6.31. The summed E-state index contributed by atoms with van der Waals surface area (Å²) >= 11 is 12.5. The molecule has 0 spiro atoms. The fourth-order valence-corrected chi connectivity index (χ4v) is 6.85. The molecular formula is C37H40Cl2N8. The van der Waals surface area contributed by atoms with Crippen molar-refractivity contribution in [1.29, 1.82) is 0 Å². The fourth-order valence-electron chi connectivity index (χ4n) is 6.56. The molecule has 5 aromatic rings. The molecule has 3 aromatic carbocycles. The van der Waals surface area contributed by atoms with Crippen LogP contribution in [0.5, 0.6) is 0 Å². The standard InChI is InChI=1S/C37H40Cl2N8/c1-2-44-17-23-47(24-18-44)37-41-16-14-35(43-37)46-21-19-45(20-22-46)26-27-3-5-28(6-4-27)36(29-7-9-30(38)10-8-29)42-33-13-15-40-34-25-31(39)11-12-32(33)34/h3-16,25,36H,2,17-24,26H2,1H3,(H,40,42). The van der Waals surface area contributed by atoms with Gasteiger partial charge in [0.05, 0.1) is 11.6 Å². The van der Waals surface area contributed by atoms with Crippen LogP contribution >= 0.6 is 23.2 Å². The summed E-state index contributed by atoms with van der Waals surface area (Å²) in [7, 11) is 0. The summed E-state index contributed by atoms with van der Waals surface area (Å²) < 4.78 is 0. The van der Waals surface area contributed by atoms with Crippen LogP contribution in [0.4, 0.5) is 17.5 Å². The molecule has 1 atom stereocenters. The van der Waals surface area contributed by atoms with Gasteiger partial charge in [0.2, 0.25) is 5.95 Å². The van der Waals surface area contributed by atoms with Gasteiger partial charge in [-0.3, -0.25) is 9.88 Å². The van der Waals surface area contributed by atoms with Crippen molar-refractivity contribution < 1.29 is 0 Å². The van der Waals surface area contributed by atoms with Gasteiger partial charge in [0, 0.05) is 92.4 Å². The Hall–Kier alpha value is -3.95. The maximum absolute atomic E-state index is 6.26. The Morgan fingerprint density at radius 2 is 1.32 bits per heavy atom. The number of pyridine rings is 1. The molecule has 47 heavy (non-hydrogen) atoms. The Morgan fingerprint density at radius 1 is 0.681 bits per heavy atom. The Morgan fingerprint density at radius 3 is 2.04 bits per heavy atom. The van der Waals surface area contributed by atoms with Gasteiger partial charge in [-0.25, -0.2) is 4.98 Å². The van der Waals surface area contributed by atoms with E-state index in [1.165, 1.54) is 11.1 Å². The van der Waals surface area contributed by atoms with E-state index in [0.29, 0.717) is 5.02 Å². The SMILES string of the molecule is CCN1CCN(c2nccc(N3CCN(Cc4ccc(C(Nc5ccnc6cc(Cl)ccc56)c5ccc(Cl)cc5)cc4)CC3)n2)CC1. The van der Waals surface area contributed by atoms with E-state index in [2.05, 4.69) is 84.3 Å². The van der Waals surface area contributed by atoms with E-state index in [9.17, 15) is 0 Å². The highest BCUT2D eigenvalue weighted by atomic mass is 35.5. The number of likely N-dealkylation sites (N-methyl/N-ethyl adjacent to an activating group) is 1. The normalized spacial score (nSPS) is 16.8. The van der Waals surface area contributed by atoms with Gasteiger partial charge >= 0.3 is 0 Å². The van der Waals surface area contributed by atoms with Crippen molar-refractivity contribution >= 4 is 51.6 Å². The molecule has 8 nitrogen and oxygen atoms in total. The summed E-state index contributed by atoms with van der Waals surface area (Å²) in [5, 5.41) is 6.21. The molecule has 2 fully saturated rings. The van der Waals surface area contributed by atoms with Crippen molar-refractivity contribution in [3.8, 4) is 0 Å². The minimum Gasteiger partial charge on any atom is -0.374 e. The zero-order valence-electron chi connectivity index (χ0n) is 26.7. The van der Waals surface area contributed by atoms with Gasteiger partial charge < -0.3 is 20.0 Å². The van der Waals surface area contributed by atoms with Gasteiger partial charge in [0.1, 0.15) is 5.82 Å². The van der Waals surface area contributed by atoms with Crippen LogP contribution < -0.4 is 15.1 Å². The number of piperazine rings is 2. The average Bonchev–Trinajstić information content (AvgIpc) is 3.12. The van der Waals surface area contributed by atoms with Crippen molar-refractivity contribution in [2.75, 3.05) is 74.0 Å². The number of benzene rings is 3. The number of hydrogen-bond donors (Lipinski definition) is 1. The van der Waals surface area contributed by atoms with Crippen molar-refractivity contribution in [2.24, 2.45) is 0 Å². The molecule has 242 valence electrons. The van der Waals surface area contributed by atoms with E-state index in [-0.39, 0.29) is 6.04 Å². The van der Waals surface area contributed by atoms with Gasteiger partial charge in [0.25, 0.3) is 0 Å². The first-order valence-corrected chi connectivity index (χ1v) is 17.2. The molecule has 0 bridgehead atoms. The summed E-state index contributed by atoms with van der Waals surface area (Å²) in [5.74, 6) is 1.89. The number of rotatable bonds is 9. The second kappa shape index (κ2) is 14.4. The molecule has 1 N–H and O–H groups in total. The molecule has 0 radical (unpaired) electrons. The molecule has 2 aliphatic rings. The average molecular weight is 668 g/mol. The molecule has 0 aliphatic carbocycles. The monoisotopic (exact) mass is 666 g/mol. The third-order valence-electron chi connectivity index (χ3n) is 9.35. The van der Waals surface area contributed by atoms with Gasteiger partial charge in [-0.05, 0) is 65.7 Å². The molecule has 1 unspecified atom stereocenters. The lowest BCUT2D eigenvalue weighted by Crippen LogP contribution is -2.47. The van der Waals surface area contributed by atoms with Crippen molar-refractivity contribution in [3.63, 3.8) is 0 Å². The summed E-state index contributed by atoms with van der Waals surface area (Å²) in [5.41, 5.74) is 5.47. The van der Waals surface area contributed by atoms with E-state index >= 15 is 0 Å². The summed E-state index contributed by atoms with van der Waals surface area (Å²) in [4.78, 5) is 23.8. The lowest BCUT2D eigenvalue weighted by Gasteiger charge is -2.36. The largest absolute Gasteiger partial charge is 0.374 e. The second-order valence-electron chi connectivity index (χ2n) is 12.3. The number of aromatic nitrogens is 3. The third-order valence-corrected chi connectivity index (χ3v) is 9.84. The molecule has 2 aromatic heterocycles. The van der Waals surface area contributed by atoms with Gasteiger partial charge in [-0.15, -0.1) is 0 Å². The lowest BCUT2D eigenvalue weighted by molar-refractivity contribution is 0.249. The van der Waals surface area contributed by atoms with Crippen LogP contribution in [0.1, 0.15) is 29.7 Å². The molecule has 7 rings (SSSR count). The van der Waals surface area contributed by atoms with Crippen LogP contribution in [0, 0.1) is 0 Å². The molecule has 10 heteroatoms. The molecule has 4 heterocycles. The highest BCUT2D eigenvalue weighted by Crippen LogP contribution is 2.32. The van der Waals surface area contributed by atoms with Crippen molar-refractivity contribution in [3.05, 3.63) is 118 Å². The number of anilines is 3. The zero-order chi connectivity index (χ0) is 32.2. The van der Waals surface area contributed by atoms with Gasteiger partial charge in [-0.2, -0.15) is 4.98 Å². The second-order valence-corrected chi connectivity index (χ2v) is 13.2. The Kier molecular flexibility index (Phi) is 9.72. The number of halogens is 2. The van der Waals surface area contributed by atoms with E-state index in [4.69, 9.17) is 28.2 Å². The Bertz CT molecular complexity index is 1780. The van der Waals surface area contributed by atoms with Gasteiger partial charge in [-0.1, -0.05) is 66.5 Å². The van der Waals surface area contributed by atoms with Crippen LogP contribution in [-0.4, -0.2) is 83.7 Å². The molecule has 0 amide bonds. The summed E-state index contributed by atoms with van der Waals surface area (Å²) in [6.45, 7) is 12.2. The summed E-state index contributed by atoms with van der Waals surface area (Å²) in [6, 6.07) is 26.9. The number of fused-ring (bicyclic) bond motifs is 1. The third kappa shape index (κ3) is 7.47. The predicted molar refractivity (Wildman–Crippen MR) is 194 cm³/mol. The quantitative estimate of drug-likeness (QED) is 0.181. The molecular weight excluding hydrogens is 627 g/mol. The van der Waals surface area contributed by atoms with Crippen LogP contribution in [0.3, 0.4) is 0 Å². The smallest absolute Gasteiger partial charge is 0.227 e. The van der Waals surface area contributed by atoms with Crippen molar-refractivity contribution in [1.82, 2.24) is 24.8 Å². The lowest BCUT2D eigenvalue weighted by atomic mass is 9.97. The van der Waals surface area contributed by atoms with Crippen LogP contribution in [0.15, 0.2) is 91.3 Å². The van der Waals surface area contributed by atoms with Gasteiger partial charge in [0.15, 0.2) is 0 Å². The summed E-state index contributed by atoms with van der Waals surface area (Å²) in [6.07, 6.45) is 3.73. The first kappa shape index (κ1) is 31.6. The fraction of sp³-hybridized carbons (Fsp3) is 0.324. The number of hydrogen-bond acceptors (Lipinski definition) is 8. The maximum Gasteiger partial charge on any atom is 0.227 e. The minimum atomic E-state index is -0.0700.